The van der Waals surface area contributed by atoms with Crippen LogP contribution in [0.1, 0.15) is 38.5 Å². The first kappa shape index (κ1) is 14.3. The van der Waals surface area contributed by atoms with Crippen LogP contribution >= 0.6 is 0 Å². The summed E-state index contributed by atoms with van der Waals surface area (Å²) < 4.78 is 5.14. The number of rotatable bonds is 6. The number of hydrogen-bond acceptors (Lipinski definition) is 4. The van der Waals surface area contributed by atoms with Gasteiger partial charge in [-0.05, 0) is 38.1 Å². The van der Waals surface area contributed by atoms with Crippen LogP contribution in [0.2, 0.25) is 0 Å². The standard InChI is InChI=1S/C14H28N2O2/c1-18-10-12(15)14(9-17)16-8-4-7-13(16)11-5-2-3-6-11/h11-14,17H,2-10,15H2,1H3. The lowest BCUT2D eigenvalue weighted by atomic mass is 9.94. The normalized spacial score (nSPS) is 29.8. The molecule has 106 valence electrons. The van der Waals surface area contributed by atoms with Crippen molar-refractivity contribution in [2.45, 2.75) is 56.7 Å². The molecule has 2 fully saturated rings. The Morgan fingerprint density at radius 1 is 1.28 bits per heavy atom. The minimum Gasteiger partial charge on any atom is -0.395 e. The van der Waals surface area contributed by atoms with Gasteiger partial charge >= 0.3 is 0 Å². The topological polar surface area (TPSA) is 58.7 Å². The van der Waals surface area contributed by atoms with Crippen molar-refractivity contribution in [3.63, 3.8) is 0 Å². The molecule has 1 aliphatic heterocycles. The summed E-state index contributed by atoms with van der Waals surface area (Å²) in [4.78, 5) is 2.47. The Morgan fingerprint density at radius 3 is 2.61 bits per heavy atom. The van der Waals surface area contributed by atoms with Gasteiger partial charge in [0, 0.05) is 19.2 Å². The van der Waals surface area contributed by atoms with E-state index in [0.29, 0.717) is 12.6 Å². The molecule has 0 bridgehead atoms. The van der Waals surface area contributed by atoms with Crippen LogP contribution in [0, 0.1) is 5.92 Å². The lowest BCUT2D eigenvalue weighted by Gasteiger charge is -2.37. The second-order valence-electron chi connectivity index (χ2n) is 5.86. The zero-order valence-electron chi connectivity index (χ0n) is 11.6. The second-order valence-corrected chi connectivity index (χ2v) is 5.86. The Morgan fingerprint density at radius 2 is 2.00 bits per heavy atom. The molecule has 4 nitrogen and oxygen atoms in total. The molecule has 1 saturated carbocycles. The summed E-state index contributed by atoms with van der Waals surface area (Å²) in [5.41, 5.74) is 6.15. The van der Waals surface area contributed by atoms with Crippen LogP contribution in [0.25, 0.3) is 0 Å². The smallest absolute Gasteiger partial charge is 0.0629 e. The third-order valence-corrected chi connectivity index (χ3v) is 4.75. The summed E-state index contributed by atoms with van der Waals surface area (Å²) in [5, 5.41) is 9.67. The first-order chi connectivity index (χ1) is 8.77. The van der Waals surface area contributed by atoms with Gasteiger partial charge in [0.2, 0.25) is 0 Å². The molecule has 0 spiro atoms. The quantitative estimate of drug-likeness (QED) is 0.743. The van der Waals surface area contributed by atoms with Gasteiger partial charge in [0.15, 0.2) is 0 Å². The van der Waals surface area contributed by atoms with Crippen LogP contribution in [-0.2, 0) is 4.74 Å². The maximum atomic E-state index is 9.67. The summed E-state index contributed by atoms with van der Waals surface area (Å²) in [6.07, 6.45) is 8.00. The Bertz CT molecular complexity index is 244. The molecule has 0 aromatic rings. The second kappa shape index (κ2) is 6.85. The molecule has 1 heterocycles. The molecule has 18 heavy (non-hydrogen) atoms. The number of methoxy groups -OCH3 is 1. The van der Waals surface area contributed by atoms with Crippen molar-refractivity contribution >= 4 is 0 Å². The van der Waals surface area contributed by atoms with Gasteiger partial charge < -0.3 is 15.6 Å². The van der Waals surface area contributed by atoms with Gasteiger partial charge in [0.25, 0.3) is 0 Å². The summed E-state index contributed by atoms with van der Waals surface area (Å²) in [6, 6.07) is 0.632. The number of likely N-dealkylation sites (tertiary alicyclic amines) is 1. The third kappa shape index (κ3) is 3.05. The van der Waals surface area contributed by atoms with Crippen LogP contribution < -0.4 is 5.73 Å². The predicted molar refractivity (Wildman–Crippen MR) is 72.4 cm³/mol. The van der Waals surface area contributed by atoms with Crippen molar-refractivity contribution in [2.75, 3.05) is 26.9 Å². The molecule has 4 heteroatoms. The zero-order valence-corrected chi connectivity index (χ0v) is 11.6. The van der Waals surface area contributed by atoms with E-state index in [9.17, 15) is 5.11 Å². The van der Waals surface area contributed by atoms with Crippen molar-refractivity contribution in [2.24, 2.45) is 11.7 Å². The maximum absolute atomic E-state index is 9.67. The van der Waals surface area contributed by atoms with Crippen LogP contribution in [0.15, 0.2) is 0 Å². The molecule has 0 aromatic carbocycles. The van der Waals surface area contributed by atoms with E-state index in [-0.39, 0.29) is 18.7 Å². The number of nitrogens with two attached hydrogens (primary N) is 1. The van der Waals surface area contributed by atoms with Gasteiger partial charge in [0.05, 0.1) is 19.3 Å². The average Bonchev–Trinajstić information content (AvgIpc) is 2.99. The number of hydrogen-bond donors (Lipinski definition) is 2. The van der Waals surface area contributed by atoms with Crippen molar-refractivity contribution in [3.05, 3.63) is 0 Å². The molecule has 1 aliphatic carbocycles. The van der Waals surface area contributed by atoms with E-state index in [1.54, 1.807) is 7.11 Å². The van der Waals surface area contributed by atoms with Crippen LogP contribution in [0.3, 0.4) is 0 Å². The molecule has 3 atom stereocenters. The minimum atomic E-state index is -0.0815. The van der Waals surface area contributed by atoms with Gasteiger partial charge in [-0.25, -0.2) is 0 Å². The summed E-state index contributed by atoms with van der Waals surface area (Å²) in [6.45, 7) is 1.76. The highest BCUT2D eigenvalue weighted by Crippen LogP contribution is 2.36. The van der Waals surface area contributed by atoms with Crippen molar-refractivity contribution < 1.29 is 9.84 Å². The molecule has 2 aliphatic rings. The molecule has 1 saturated heterocycles. The third-order valence-electron chi connectivity index (χ3n) is 4.75. The molecule has 3 unspecified atom stereocenters. The van der Waals surface area contributed by atoms with Gasteiger partial charge in [-0.1, -0.05) is 12.8 Å². The van der Waals surface area contributed by atoms with Crippen molar-refractivity contribution in [3.8, 4) is 0 Å². The van der Waals surface area contributed by atoms with E-state index in [2.05, 4.69) is 4.90 Å². The number of aliphatic hydroxyl groups excluding tert-OH is 1. The minimum absolute atomic E-state index is 0.0676. The lowest BCUT2D eigenvalue weighted by Crippen LogP contribution is -2.54. The van der Waals surface area contributed by atoms with Crippen molar-refractivity contribution in [1.29, 1.82) is 0 Å². The van der Waals surface area contributed by atoms with Crippen molar-refractivity contribution in [1.82, 2.24) is 4.90 Å². The SMILES string of the molecule is COCC(N)C(CO)N1CCCC1C1CCCC1. The highest BCUT2D eigenvalue weighted by atomic mass is 16.5. The van der Waals surface area contributed by atoms with E-state index in [4.69, 9.17) is 10.5 Å². The average molecular weight is 256 g/mol. The summed E-state index contributed by atoms with van der Waals surface area (Å²) in [5.74, 6) is 0.830. The molecular weight excluding hydrogens is 228 g/mol. The number of aliphatic hydroxyl groups is 1. The fraction of sp³-hybridized carbons (Fsp3) is 1.00. The first-order valence-electron chi connectivity index (χ1n) is 7.39. The molecule has 0 radical (unpaired) electrons. The fourth-order valence-electron chi connectivity index (χ4n) is 3.86. The van der Waals surface area contributed by atoms with Crippen LogP contribution in [0.4, 0.5) is 0 Å². The number of ether oxygens (including phenoxy) is 1. The lowest BCUT2D eigenvalue weighted by molar-refractivity contribution is 0.0476. The van der Waals surface area contributed by atoms with Crippen LogP contribution in [0.5, 0.6) is 0 Å². The Labute approximate surface area is 110 Å². The fourth-order valence-corrected chi connectivity index (χ4v) is 3.86. The molecule has 3 N–H and O–H groups in total. The highest BCUT2D eigenvalue weighted by molar-refractivity contribution is 4.94. The predicted octanol–water partition coefficient (Wildman–Crippen LogP) is 0.976. The monoisotopic (exact) mass is 256 g/mol. The molecule has 0 amide bonds. The number of nitrogens with zero attached hydrogens (tertiary/aromatic N) is 1. The van der Waals surface area contributed by atoms with Gasteiger partial charge in [-0.15, -0.1) is 0 Å². The van der Waals surface area contributed by atoms with E-state index in [1.165, 1.54) is 38.5 Å². The molecule has 0 aromatic heterocycles. The molecular formula is C14H28N2O2. The zero-order chi connectivity index (χ0) is 13.0. The Kier molecular flexibility index (Phi) is 5.42. The largest absolute Gasteiger partial charge is 0.395 e. The van der Waals surface area contributed by atoms with Crippen LogP contribution in [-0.4, -0.2) is 55.0 Å². The van der Waals surface area contributed by atoms with E-state index in [0.717, 1.165) is 12.5 Å². The maximum Gasteiger partial charge on any atom is 0.0629 e. The van der Waals surface area contributed by atoms with Gasteiger partial charge in [0.1, 0.15) is 0 Å². The molecule has 2 rings (SSSR count). The summed E-state index contributed by atoms with van der Waals surface area (Å²) in [7, 11) is 1.67. The Balaban J connectivity index is 1.99. The highest BCUT2D eigenvalue weighted by Gasteiger charge is 2.38. The Hall–Kier alpha value is -0.160. The summed E-state index contributed by atoms with van der Waals surface area (Å²) >= 11 is 0. The van der Waals surface area contributed by atoms with Gasteiger partial charge in [-0.3, -0.25) is 4.90 Å². The first-order valence-corrected chi connectivity index (χ1v) is 7.39. The van der Waals surface area contributed by atoms with E-state index >= 15 is 0 Å². The van der Waals surface area contributed by atoms with Gasteiger partial charge in [-0.2, -0.15) is 0 Å². The van der Waals surface area contributed by atoms with E-state index < -0.39 is 0 Å². The van der Waals surface area contributed by atoms with E-state index in [1.807, 2.05) is 0 Å².